The van der Waals surface area contributed by atoms with Gasteiger partial charge >= 0.3 is 0 Å². The third-order valence-electron chi connectivity index (χ3n) is 4.08. The first-order chi connectivity index (χ1) is 12.2. The second-order valence-electron chi connectivity index (χ2n) is 5.63. The van der Waals surface area contributed by atoms with Crippen LogP contribution in [0.3, 0.4) is 0 Å². The molecule has 1 unspecified atom stereocenters. The summed E-state index contributed by atoms with van der Waals surface area (Å²) in [5, 5.41) is 8.52. The summed E-state index contributed by atoms with van der Waals surface area (Å²) in [6.07, 6.45) is 0. The van der Waals surface area contributed by atoms with Gasteiger partial charge in [-0.25, -0.2) is 4.98 Å². The molecule has 1 amide bonds. The van der Waals surface area contributed by atoms with Crippen molar-refractivity contribution in [3.63, 3.8) is 0 Å². The highest BCUT2D eigenvalue weighted by Gasteiger charge is 2.23. The molecule has 2 aromatic carbocycles. The number of aromatic nitrogens is 4. The lowest BCUT2D eigenvalue weighted by molar-refractivity contribution is 0.0936. The Kier molecular flexibility index (Phi) is 3.99. The second kappa shape index (κ2) is 6.45. The number of nitrogens with zero attached hydrogens (tertiary/aromatic N) is 4. The van der Waals surface area contributed by atoms with Crippen LogP contribution in [0.25, 0.3) is 11.0 Å². The Balaban J connectivity index is 1.79. The van der Waals surface area contributed by atoms with Gasteiger partial charge in [0.1, 0.15) is 11.9 Å². The Bertz CT molecular complexity index is 1010. The van der Waals surface area contributed by atoms with Crippen molar-refractivity contribution in [3.05, 3.63) is 77.1 Å². The summed E-state index contributed by atoms with van der Waals surface area (Å²) < 4.78 is 5.76. The van der Waals surface area contributed by atoms with Gasteiger partial charge in [-0.15, -0.1) is 5.10 Å². The molecule has 1 atom stereocenters. The zero-order valence-electron chi connectivity index (χ0n) is 13.5. The van der Waals surface area contributed by atoms with E-state index in [9.17, 15) is 4.79 Å². The van der Waals surface area contributed by atoms with Crippen molar-refractivity contribution in [2.45, 2.75) is 6.04 Å². The summed E-state index contributed by atoms with van der Waals surface area (Å²) in [5.74, 6) is 0.499. The van der Waals surface area contributed by atoms with Crippen LogP contribution in [0.1, 0.15) is 27.9 Å². The van der Waals surface area contributed by atoms with E-state index < -0.39 is 0 Å². The molecule has 0 aliphatic carbocycles. The summed E-state index contributed by atoms with van der Waals surface area (Å²) in [6.45, 7) is 0. The largest absolute Gasteiger partial charge is 0.337 e. The molecule has 25 heavy (non-hydrogen) atoms. The van der Waals surface area contributed by atoms with Crippen molar-refractivity contribution in [3.8, 4) is 0 Å². The maximum Gasteiger partial charge on any atom is 0.273 e. The number of imidazole rings is 1. The van der Waals surface area contributed by atoms with Crippen molar-refractivity contribution >= 4 is 28.5 Å². The molecule has 2 aromatic heterocycles. The van der Waals surface area contributed by atoms with Crippen LogP contribution in [0, 0.1) is 0 Å². The Hall–Kier alpha value is -3.06. The molecule has 2 heterocycles. The van der Waals surface area contributed by atoms with Crippen LogP contribution in [-0.2, 0) is 7.05 Å². The summed E-state index contributed by atoms with van der Waals surface area (Å²) in [4.78, 5) is 17.3. The minimum atomic E-state index is -0.382. The van der Waals surface area contributed by atoms with Gasteiger partial charge in [-0.05, 0) is 29.2 Å². The number of benzene rings is 2. The van der Waals surface area contributed by atoms with Crippen molar-refractivity contribution < 1.29 is 4.79 Å². The molecule has 7 heteroatoms. The van der Waals surface area contributed by atoms with E-state index in [1.54, 1.807) is 5.38 Å². The first-order valence-electron chi connectivity index (χ1n) is 7.78. The van der Waals surface area contributed by atoms with Gasteiger partial charge in [0, 0.05) is 12.4 Å². The number of amides is 1. The summed E-state index contributed by atoms with van der Waals surface area (Å²) >= 11 is 1.15. The van der Waals surface area contributed by atoms with Crippen LogP contribution in [0.4, 0.5) is 0 Å². The van der Waals surface area contributed by atoms with E-state index in [-0.39, 0.29) is 11.9 Å². The van der Waals surface area contributed by atoms with Gasteiger partial charge in [-0.3, -0.25) is 4.79 Å². The third kappa shape index (κ3) is 2.89. The van der Waals surface area contributed by atoms with Gasteiger partial charge in [0.15, 0.2) is 5.69 Å². The van der Waals surface area contributed by atoms with E-state index in [2.05, 4.69) is 14.9 Å². The summed E-state index contributed by atoms with van der Waals surface area (Å²) in [5.41, 5.74) is 3.18. The lowest BCUT2D eigenvalue weighted by Gasteiger charge is -2.18. The molecule has 124 valence electrons. The topological polar surface area (TPSA) is 72.7 Å². The Morgan fingerprint density at radius 3 is 2.60 bits per heavy atom. The standard InChI is InChI=1S/C18H15N5OS/c1-23-15-10-6-5-9-13(15)19-17(23)16(12-7-3-2-4-8-12)20-18(24)14-11-25-22-21-14/h2-11,16H,1H3,(H,20,24). The first kappa shape index (κ1) is 15.5. The molecule has 0 radical (unpaired) electrons. The van der Waals surface area contributed by atoms with Gasteiger partial charge in [-0.1, -0.05) is 47.0 Å². The van der Waals surface area contributed by atoms with Crippen LogP contribution in [0.2, 0.25) is 0 Å². The summed E-state index contributed by atoms with van der Waals surface area (Å²) in [6, 6.07) is 17.3. The van der Waals surface area contributed by atoms with Gasteiger partial charge in [0.05, 0.1) is 11.0 Å². The van der Waals surface area contributed by atoms with Crippen LogP contribution >= 0.6 is 11.5 Å². The molecule has 0 bridgehead atoms. The highest BCUT2D eigenvalue weighted by molar-refractivity contribution is 7.03. The molecule has 0 saturated heterocycles. The van der Waals surface area contributed by atoms with Crippen molar-refractivity contribution in [2.24, 2.45) is 7.05 Å². The average Bonchev–Trinajstić information content (AvgIpc) is 3.29. The molecule has 4 rings (SSSR count). The van der Waals surface area contributed by atoms with Crippen LogP contribution in [0.15, 0.2) is 60.0 Å². The van der Waals surface area contributed by atoms with E-state index in [1.165, 1.54) is 0 Å². The van der Waals surface area contributed by atoms with Gasteiger partial charge in [0.2, 0.25) is 0 Å². The molecule has 0 spiro atoms. The van der Waals surface area contributed by atoms with Gasteiger partial charge in [0.25, 0.3) is 5.91 Å². The number of aryl methyl sites for hydroxylation is 1. The fourth-order valence-corrected chi connectivity index (χ4v) is 3.27. The average molecular weight is 349 g/mol. The van der Waals surface area contributed by atoms with Crippen molar-refractivity contribution in [1.29, 1.82) is 0 Å². The maximum atomic E-state index is 12.5. The zero-order valence-corrected chi connectivity index (χ0v) is 14.3. The third-order valence-corrected chi connectivity index (χ3v) is 4.59. The number of hydrogen-bond acceptors (Lipinski definition) is 5. The van der Waals surface area contributed by atoms with Crippen molar-refractivity contribution in [2.75, 3.05) is 0 Å². The predicted molar refractivity (Wildman–Crippen MR) is 96.4 cm³/mol. The number of nitrogens with one attached hydrogen (secondary N) is 1. The Labute approximate surface area is 148 Å². The highest BCUT2D eigenvalue weighted by Crippen LogP contribution is 2.25. The highest BCUT2D eigenvalue weighted by atomic mass is 32.1. The first-order valence-corrected chi connectivity index (χ1v) is 8.62. The fourth-order valence-electron chi connectivity index (χ4n) is 2.83. The molecular formula is C18H15N5OS. The minimum absolute atomic E-state index is 0.269. The Morgan fingerprint density at radius 2 is 1.88 bits per heavy atom. The number of rotatable bonds is 4. The maximum absolute atomic E-state index is 12.5. The van der Waals surface area contributed by atoms with E-state index in [0.29, 0.717) is 5.69 Å². The number of fused-ring (bicyclic) bond motifs is 1. The quantitative estimate of drug-likeness (QED) is 0.615. The molecule has 0 aliphatic heterocycles. The van der Waals surface area contributed by atoms with Crippen LogP contribution < -0.4 is 5.32 Å². The minimum Gasteiger partial charge on any atom is -0.337 e. The predicted octanol–water partition coefficient (Wildman–Crippen LogP) is 2.94. The molecule has 0 fully saturated rings. The van der Waals surface area contributed by atoms with Crippen LogP contribution in [0.5, 0.6) is 0 Å². The molecule has 1 N–H and O–H groups in total. The van der Waals surface area contributed by atoms with E-state index in [0.717, 1.165) is 34.0 Å². The van der Waals surface area contributed by atoms with Gasteiger partial charge < -0.3 is 9.88 Å². The number of para-hydroxylation sites is 2. The Morgan fingerprint density at radius 1 is 1.12 bits per heavy atom. The zero-order chi connectivity index (χ0) is 17.2. The molecule has 6 nitrogen and oxygen atoms in total. The van der Waals surface area contributed by atoms with E-state index >= 15 is 0 Å². The van der Waals surface area contributed by atoms with E-state index in [1.807, 2.05) is 66.2 Å². The fraction of sp³-hybridized carbons (Fsp3) is 0.111. The lowest BCUT2D eigenvalue weighted by atomic mass is 10.1. The second-order valence-corrected chi connectivity index (χ2v) is 6.23. The van der Waals surface area contributed by atoms with Gasteiger partial charge in [-0.2, -0.15) is 0 Å². The monoisotopic (exact) mass is 349 g/mol. The van der Waals surface area contributed by atoms with Crippen LogP contribution in [-0.4, -0.2) is 25.0 Å². The lowest BCUT2D eigenvalue weighted by Crippen LogP contribution is -2.31. The number of carbonyl (C=O) groups excluding carboxylic acids is 1. The number of carbonyl (C=O) groups is 1. The summed E-state index contributed by atoms with van der Waals surface area (Å²) in [7, 11) is 1.96. The molecule has 0 aliphatic rings. The van der Waals surface area contributed by atoms with E-state index in [4.69, 9.17) is 4.98 Å². The molecule has 0 saturated carbocycles. The normalized spacial score (nSPS) is 12.2. The molecule has 4 aromatic rings. The smallest absolute Gasteiger partial charge is 0.273 e. The SMILES string of the molecule is Cn1c(C(NC(=O)c2csnn2)c2ccccc2)nc2ccccc21. The molecular weight excluding hydrogens is 334 g/mol. The number of hydrogen-bond donors (Lipinski definition) is 1. The van der Waals surface area contributed by atoms with Crippen molar-refractivity contribution in [1.82, 2.24) is 24.5 Å².